The van der Waals surface area contributed by atoms with Gasteiger partial charge in [0.25, 0.3) is 0 Å². The highest BCUT2D eigenvalue weighted by molar-refractivity contribution is 5.86. The Morgan fingerprint density at radius 2 is 1.93 bits per heavy atom. The van der Waals surface area contributed by atoms with E-state index in [1.54, 1.807) is 0 Å². The molecule has 0 aliphatic rings. The van der Waals surface area contributed by atoms with Crippen LogP contribution < -0.4 is 5.73 Å². The quantitative estimate of drug-likeness (QED) is 0.671. The van der Waals surface area contributed by atoms with E-state index in [0.717, 1.165) is 16.5 Å². The topological polar surface area (TPSA) is 46.2 Å². The molecule has 0 bridgehead atoms. The van der Waals surface area contributed by atoms with Crippen LogP contribution in [0, 0.1) is 6.92 Å². The van der Waals surface area contributed by atoms with Crippen molar-refractivity contribution in [2.24, 2.45) is 5.73 Å². The minimum Gasteiger partial charge on any atom is -0.375 e. The van der Waals surface area contributed by atoms with Gasteiger partial charge in [0.15, 0.2) is 0 Å². The van der Waals surface area contributed by atoms with Crippen molar-refractivity contribution in [1.82, 2.24) is 0 Å². The molecule has 0 aliphatic carbocycles. The molecule has 0 aromatic heterocycles. The first-order valence-electron chi connectivity index (χ1n) is 4.61. The van der Waals surface area contributed by atoms with E-state index in [0.29, 0.717) is 0 Å². The number of hydrogen-bond donors (Lipinski definition) is 2. The Balaban J connectivity index is 2.72. The average Bonchev–Trinajstić information content (AvgIpc) is 2.17. The van der Waals surface area contributed by atoms with E-state index in [1.165, 1.54) is 5.39 Å². The Morgan fingerprint density at radius 3 is 2.64 bits per heavy atom. The van der Waals surface area contributed by atoms with E-state index in [4.69, 9.17) is 5.73 Å². The second kappa shape index (κ2) is 3.40. The Hall–Kier alpha value is -1.38. The van der Waals surface area contributed by atoms with Crippen LogP contribution in [0.15, 0.2) is 36.4 Å². The summed E-state index contributed by atoms with van der Waals surface area (Å²) in [6, 6.07) is 11.9. The molecule has 2 rings (SSSR count). The number of aliphatic hydroxyl groups excluding tert-OH is 1. The lowest BCUT2D eigenvalue weighted by Gasteiger charge is -2.08. The van der Waals surface area contributed by atoms with Crippen LogP contribution in [0.2, 0.25) is 0 Å². The smallest absolute Gasteiger partial charge is 0.128 e. The second-order valence-electron chi connectivity index (χ2n) is 3.50. The van der Waals surface area contributed by atoms with Crippen LogP contribution in [0.3, 0.4) is 0 Å². The SMILES string of the molecule is Cc1cc(C(N)O)cc2ccccc12. The molecule has 0 heterocycles. The van der Waals surface area contributed by atoms with Crippen molar-refractivity contribution >= 4 is 10.8 Å². The van der Waals surface area contributed by atoms with Gasteiger partial charge in [0.2, 0.25) is 0 Å². The highest BCUT2D eigenvalue weighted by Crippen LogP contribution is 2.22. The third kappa shape index (κ3) is 1.50. The molecule has 1 unspecified atom stereocenters. The molecular formula is C12H13NO. The van der Waals surface area contributed by atoms with Crippen molar-refractivity contribution in [3.63, 3.8) is 0 Å². The van der Waals surface area contributed by atoms with E-state index in [2.05, 4.69) is 6.07 Å². The van der Waals surface area contributed by atoms with Gasteiger partial charge in [-0.3, -0.25) is 0 Å². The summed E-state index contributed by atoms with van der Waals surface area (Å²) in [4.78, 5) is 0. The first-order valence-corrected chi connectivity index (χ1v) is 4.61. The zero-order valence-corrected chi connectivity index (χ0v) is 8.07. The predicted molar refractivity (Wildman–Crippen MR) is 57.8 cm³/mol. The Labute approximate surface area is 83.0 Å². The molecule has 2 aromatic rings. The highest BCUT2D eigenvalue weighted by Gasteiger charge is 2.04. The maximum atomic E-state index is 9.29. The van der Waals surface area contributed by atoms with Crippen LogP contribution in [0.25, 0.3) is 10.8 Å². The standard InChI is InChI=1S/C12H13NO/c1-8-6-10(12(13)14)7-9-4-2-3-5-11(8)9/h2-7,12,14H,13H2,1H3. The van der Waals surface area contributed by atoms with E-state index < -0.39 is 6.23 Å². The van der Waals surface area contributed by atoms with E-state index in [1.807, 2.05) is 37.3 Å². The van der Waals surface area contributed by atoms with Gasteiger partial charge >= 0.3 is 0 Å². The number of benzene rings is 2. The van der Waals surface area contributed by atoms with Crippen molar-refractivity contribution in [3.8, 4) is 0 Å². The Kier molecular flexibility index (Phi) is 2.23. The number of aliphatic hydroxyl groups is 1. The molecule has 0 saturated carbocycles. The average molecular weight is 187 g/mol. The van der Waals surface area contributed by atoms with Gasteiger partial charge in [0.05, 0.1) is 0 Å². The molecule has 3 N–H and O–H groups in total. The van der Waals surface area contributed by atoms with Gasteiger partial charge in [-0.25, -0.2) is 0 Å². The fourth-order valence-corrected chi connectivity index (χ4v) is 1.70. The van der Waals surface area contributed by atoms with E-state index in [9.17, 15) is 5.11 Å². The summed E-state index contributed by atoms with van der Waals surface area (Å²) in [6.07, 6.45) is -0.890. The van der Waals surface area contributed by atoms with Crippen molar-refractivity contribution in [2.75, 3.05) is 0 Å². The summed E-state index contributed by atoms with van der Waals surface area (Å²) in [7, 11) is 0. The van der Waals surface area contributed by atoms with Crippen LogP contribution in [-0.2, 0) is 0 Å². The summed E-state index contributed by atoms with van der Waals surface area (Å²) in [6.45, 7) is 2.02. The summed E-state index contributed by atoms with van der Waals surface area (Å²) in [5, 5.41) is 11.6. The van der Waals surface area contributed by atoms with Crippen molar-refractivity contribution in [1.29, 1.82) is 0 Å². The van der Waals surface area contributed by atoms with Crippen LogP contribution in [-0.4, -0.2) is 5.11 Å². The molecule has 2 aromatic carbocycles. The molecule has 0 amide bonds. The van der Waals surface area contributed by atoms with Crippen LogP contribution in [0.5, 0.6) is 0 Å². The minimum absolute atomic E-state index is 0.765. The molecule has 0 saturated heterocycles. The lowest BCUT2D eigenvalue weighted by Crippen LogP contribution is -2.08. The normalized spacial score (nSPS) is 13.1. The summed E-state index contributed by atoms with van der Waals surface area (Å²) >= 11 is 0. The van der Waals surface area contributed by atoms with Crippen LogP contribution in [0.1, 0.15) is 17.4 Å². The largest absolute Gasteiger partial charge is 0.375 e. The third-order valence-corrected chi connectivity index (χ3v) is 2.43. The second-order valence-corrected chi connectivity index (χ2v) is 3.50. The van der Waals surface area contributed by atoms with Gasteiger partial charge in [-0.1, -0.05) is 30.3 Å². The number of aryl methyl sites for hydroxylation is 1. The monoisotopic (exact) mass is 187 g/mol. The van der Waals surface area contributed by atoms with Gasteiger partial charge in [-0.2, -0.15) is 0 Å². The molecule has 0 fully saturated rings. The third-order valence-electron chi connectivity index (χ3n) is 2.43. The summed E-state index contributed by atoms with van der Waals surface area (Å²) < 4.78 is 0. The zero-order valence-electron chi connectivity index (χ0n) is 8.07. The van der Waals surface area contributed by atoms with E-state index in [-0.39, 0.29) is 0 Å². The van der Waals surface area contributed by atoms with Crippen molar-refractivity contribution in [3.05, 3.63) is 47.5 Å². The van der Waals surface area contributed by atoms with E-state index >= 15 is 0 Å². The minimum atomic E-state index is -0.890. The van der Waals surface area contributed by atoms with Crippen molar-refractivity contribution < 1.29 is 5.11 Å². The lowest BCUT2D eigenvalue weighted by atomic mass is 10.0. The van der Waals surface area contributed by atoms with Gasteiger partial charge in [0.1, 0.15) is 6.23 Å². The number of hydrogen-bond acceptors (Lipinski definition) is 2. The van der Waals surface area contributed by atoms with Gasteiger partial charge in [-0.05, 0) is 34.9 Å². The Morgan fingerprint density at radius 1 is 1.21 bits per heavy atom. The first kappa shape index (κ1) is 9.19. The highest BCUT2D eigenvalue weighted by atomic mass is 16.3. The van der Waals surface area contributed by atoms with Gasteiger partial charge in [-0.15, -0.1) is 0 Å². The Bertz CT molecular complexity index is 463. The lowest BCUT2D eigenvalue weighted by molar-refractivity contribution is 0.186. The summed E-state index contributed by atoms with van der Waals surface area (Å²) in [5.74, 6) is 0. The molecule has 2 heteroatoms. The van der Waals surface area contributed by atoms with Crippen molar-refractivity contribution in [2.45, 2.75) is 13.2 Å². The molecule has 0 radical (unpaired) electrons. The molecular weight excluding hydrogens is 174 g/mol. The van der Waals surface area contributed by atoms with Crippen LogP contribution >= 0.6 is 0 Å². The summed E-state index contributed by atoms with van der Waals surface area (Å²) in [5.41, 5.74) is 7.34. The predicted octanol–water partition coefficient (Wildman–Crippen LogP) is 2.10. The van der Waals surface area contributed by atoms with Gasteiger partial charge in [0, 0.05) is 0 Å². The maximum Gasteiger partial charge on any atom is 0.128 e. The number of fused-ring (bicyclic) bond motifs is 1. The number of nitrogens with two attached hydrogens (primary N) is 1. The molecule has 72 valence electrons. The molecule has 2 nitrogen and oxygen atoms in total. The zero-order chi connectivity index (χ0) is 10.1. The molecule has 1 atom stereocenters. The number of rotatable bonds is 1. The molecule has 0 spiro atoms. The van der Waals surface area contributed by atoms with Crippen LogP contribution in [0.4, 0.5) is 0 Å². The van der Waals surface area contributed by atoms with Gasteiger partial charge < -0.3 is 10.8 Å². The molecule has 14 heavy (non-hydrogen) atoms. The molecule has 0 aliphatic heterocycles. The fourth-order valence-electron chi connectivity index (χ4n) is 1.70. The fraction of sp³-hybridized carbons (Fsp3) is 0.167. The first-order chi connectivity index (χ1) is 6.68. The maximum absolute atomic E-state index is 9.29.